The fraction of sp³-hybridized carbons (Fsp3) is 0.0769. The normalized spacial score (nSPS) is 9.47. The van der Waals surface area contributed by atoms with Gasteiger partial charge < -0.3 is 5.32 Å². The van der Waals surface area contributed by atoms with Gasteiger partial charge in [0.25, 0.3) is 0 Å². The van der Waals surface area contributed by atoms with E-state index in [0.717, 1.165) is 5.69 Å². The fourth-order valence-corrected chi connectivity index (χ4v) is 1.52. The zero-order chi connectivity index (χ0) is 13.7. The molecule has 0 aliphatic carbocycles. The summed E-state index contributed by atoms with van der Waals surface area (Å²) < 4.78 is 0. The standard InChI is InChI=1S/C13H11N5O/c1-9(19)10-3-2-4-11(5-10)18-13-6-12(15-7-14)16-8-17-13/h2-6,8H,1H3,(H2,15,16,17,18). The quantitative estimate of drug-likeness (QED) is 0.493. The molecular weight excluding hydrogens is 242 g/mol. The molecular formula is C13H11N5O. The molecule has 0 aliphatic rings. The second-order valence-electron chi connectivity index (χ2n) is 3.79. The third kappa shape index (κ3) is 3.26. The van der Waals surface area contributed by atoms with Crippen LogP contribution in [-0.4, -0.2) is 15.8 Å². The third-order valence-corrected chi connectivity index (χ3v) is 2.39. The first-order valence-corrected chi connectivity index (χ1v) is 5.54. The number of nitrogens with zero attached hydrogens (tertiary/aromatic N) is 3. The highest BCUT2D eigenvalue weighted by Gasteiger charge is 2.02. The number of Topliss-reactive ketones (excluding diaryl/α,β-unsaturated/α-hetero) is 1. The lowest BCUT2D eigenvalue weighted by Gasteiger charge is -2.07. The molecule has 2 aromatic rings. The Kier molecular flexibility index (Phi) is 3.69. The van der Waals surface area contributed by atoms with Crippen molar-refractivity contribution in [3.8, 4) is 6.19 Å². The molecule has 2 N–H and O–H groups in total. The van der Waals surface area contributed by atoms with E-state index in [1.165, 1.54) is 13.3 Å². The number of anilines is 3. The summed E-state index contributed by atoms with van der Waals surface area (Å²) in [5.41, 5.74) is 1.36. The first kappa shape index (κ1) is 12.5. The van der Waals surface area contributed by atoms with Gasteiger partial charge in [-0.05, 0) is 19.1 Å². The number of carbonyl (C=O) groups excluding carboxylic acids is 1. The van der Waals surface area contributed by atoms with Gasteiger partial charge in [0.15, 0.2) is 12.0 Å². The summed E-state index contributed by atoms with van der Waals surface area (Å²) >= 11 is 0. The van der Waals surface area contributed by atoms with E-state index in [2.05, 4.69) is 20.6 Å². The maximum atomic E-state index is 11.3. The maximum absolute atomic E-state index is 11.3. The second kappa shape index (κ2) is 5.60. The lowest BCUT2D eigenvalue weighted by atomic mass is 10.1. The first-order valence-electron chi connectivity index (χ1n) is 5.54. The number of benzene rings is 1. The minimum absolute atomic E-state index is 0.00169. The van der Waals surface area contributed by atoms with Crippen LogP contribution >= 0.6 is 0 Å². The number of hydrogen-bond donors (Lipinski definition) is 2. The van der Waals surface area contributed by atoms with Crippen molar-refractivity contribution in [2.45, 2.75) is 6.92 Å². The molecule has 1 aromatic carbocycles. The fourth-order valence-electron chi connectivity index (χ4n) is 1.52. The van der Waals surface area contributed by atoms with Crippen molar-refractivity contribution in [2.75, 3.05) is 10.6 Å². The largest absolute Gasteiger partial charge is 0.340 e. The summed E-state index contributed by atoms with van der Waals surface area (Å²) in [5, 5.41) is 14.0. The van der Waals surface area contributed by atoms with Gasteiger partial charge in [-0.25, -0.2) is 9.97 Å². The molecule has 1 aromatic heterocycles. The number of nitrogens with one attached hydrogen (secondary N) is 2. The molecule has 0 unspecified atom stereocenters. The topological polar surface area (TPSA) is 90.7 Å². The van der Waals surface area contributed by atoms with E-state index in [0.29, 0.717) is 17.2 Å². The van der Waals surface area contributed by atoms with Gasteiger partial charge in [-0.15, -0.1) is 0 Å². The summed E-state index contributed by atoms with van der Waals surface area (Å²) in [6, 6.07) is 8.70. The van der Waals surface area contributed by atoms with Crippen LogP contribution in [0.2, 0.25) is 0 Å². The molecule has 0 amide bonds. The molecule has 0 atom stereocenters. The molecule has 19 heavy (non-hydrogen) atoms. The number of hydrogen-bond acceptors (Lipinski definition) is 6. The number of aromatic nitrogens is 2. The SMILES string of the molecule is CC(=O)c1cccc(Nc2cc(NC#N)ncn2)c1. The van der Waals surface area contributed by atoms with Crippen molar-refractivity contribution in [1.29, 1.82) is 5.26 Å². The third-order valence-electron chi connectivity index (χ3n) is 2.39. The lowest BCUT2D eigenvalue weighted by molar-refractivity contribution is 0.101. The van der Waals surface area contributed by atoms with Crippen molar-refractivity contribution < 1.29 is 4.79 Å². The molecule has 94 valence electrons. The summed E-state index contributed by atoms with van der Waals surface area (Å²) in [5.74, 6) is 0.939. The summed E-state index contributed by atoms with van der Waals surface area (Å²) in [4.78, 5) is 19.2. The van der Waals surface area contributed by atoms with Crippen molar-refractivity contribution >= 4 is 23.1 Å². The summed E-state index contributed by atoms with van der Waals surface area (Å²) in [7, 11) is 0. The summed E-state index contributed by atoms with van der Waals surface area (Å²) in [6.45, 7) is 1.51. The number of carbonyl (C=O) groups is 1. The van der Waals surface area contributed by atoms with Crippen LogP contribution in [-0.2, 0) is 0 Å². The van der Waals surface area contributed by atoms with Crippen LogP contribution in [0.5, 0.6) is 0 Å². The van der Waals surface area contributed by atoms with Gasteiger partial charge in [-0.3, -0.25) is 10.1 Å². The molecule has 2 rings (SSSR count). The van der Waals surface area contributed by atoms with Crippen LogP contribution in [0.3, 0.4) is 0 Å². The highest BCUT2D eigenvalue weighted by molar-refractivity contribution is 5.95. The van der Waals surface area contributed by atoms with E-state index in [1.807, 2.05) is 6.07 Å². The molecule has 0 radical (unpaired) electrons. The predicted molar refractivity (Wildman–Crippen MR) is 71.0 cm³/mol. The molecule has 0 spiro atoms. The Hall–Kier alpha value is -2.94. The molecule has 1 heterocycles. The number of rotatable bonds is 4. The van der Waals surface area contributed by atoms with Gasteiger partial charge in [-0.2, -0.15) is 5.26 Å². The first-order chi connectivity index (χ1) is 9.19. The highest BCUT2D eigenvalue weighted by Crippen LogP contribution is 2.17. The Balaban J connectivity index is 2.21. The Bertz CT molecular complexity index is 647. The van der Waals surface area contributed by atoms with Crippen LogP contribution in [0, 0.1) is 11.5 Å². The smallest absolute Gasteiger partial charge is 0.182 e. The molecule has 0 saturated carbocycles. The lowest BCUT2D eigenvalue weighted by Crippen LogP contribution is -1.99. The minimum Gasteiger partial charge on any atom is -0.340 e. The zero-order valence-electron chi connectivity index (χ0n) is 10.2. The molecule has 6 nitrogen and oxygen atoms in total. The van der Waals surface area contributed by atoms with Crippen molar-refractivity contribution in [2.24, 2.45) is 0 Å². The van der Waals surface area contributed by atoms with Gasteiger partial charge >= 0.3 is 0 Å². The Labute approximate surface area is 110 Å². The average molecular weight is 253 g/mol. The average Bonchev–Trinajstić information content (AvgIpc) is 2.40. The Morgan fingerprint density at radius 2 is 2.05 bits per heavy atom. The number of ketones is 1. The minimum atomic E-state index is -0.00169. The van der Waals surface area contributed by atoms with Gasteiger partial charge in [0, 0.05) is 17.3 Å². The highest BCUT2D eigenvalue weighted by atomic mass is 16.1. The van der Waals surface area contributed by atoms with Crippen LogP contribution in [0.1, 0.15) is 17.3 Å². The van der Waals surface area contributed by atoms with E-state index >= 15 is 0 Å². The van der Waals surface area contributed by atoms with E-state index in [-0.39, 0.29) is 5.78 Å². The molecule has 0 aliphatic heterocycles. The van der Waals surface area contributed by atoms with Crippen molar-refractivity contribution in [1.82, 2.24) is 9.97 Å². The molecule has 0 fully saturated rings. The monoisotopic (exact) mass is 253 g/mol. The van der Waals surface area contributed by atoms with E-state index in [9.17, 15) is 4.79 Å². The second-order valence-corrected chi connectivity index (χ2v) is 3.79. The number of nitriles is 1. The van der Waals surface area contributed by atoms with Crippen LogP contribution in [0.25, 0.3) is 0 Å². The van der Waals surface area contributed by atoms with E-state index in [4.69, 9.17) is 5.26 Å². The van der Waals surface area contributed by atoms with E-state index < -0.39 is 0 Å². The van der Waals surface area contributed by atoms with Gasteiger partial charge in [-0.1, -0.05) is 12.1 Å². The van der Waals surface area contributed by atoms with Crippen LogP contribution < -0.4 is 10.6 Å². The zero-order valence-corrected chi connectivity index (χ0v) is 10.2. The van der Waals surface area contributed by atoms with Crippen LogP contribution in [0.15, 0.2) is 36.7 Å². The van der Waals surface area contributed by atoms with Gasteiger partial charge in [0.1, 0.15) is 18.0 Å². The Morgan fingerprint density at radius 1 is 1.26 bits per heavy atom. The molecule has 6 heteroatoms. The Morgan fingerprint density at radius 3 is 2.79 bits per heavy atom. The maximum Gasteiger partial charge on any atom is 0.182 e. The molecule has 0 saturated heterocycles. The van der Waals surface area contributed by atoms with Crippen LogP contribution in [0.4, 0.5) is 17.3 Å². The van der Waals surface area contributed by atoms with E-state index in [1.54, 1.807) is 30.5 Å². The van der Waals surface area contributed by atoms with Crippen molar-refractivity contribution in [3.05, 3.63) is 42.2 Å². The van der Waals surface area contributed by atoms with Gasteiger partial charge in [0.05, 0.1) is 0 Å². The predicted octanol–water partition coefficient (Wildman–Crippen LogP) is 2.32. The van der Waals surface area contributed by atoms with Gasteiger partial charge in [0.2, 0.25) is 0 Å². The molecule has 0 bridgehead atoms. The van der Waals surface area contributed by atoms with Crippen molar-refractivity contribution in [3.63, 3.8) is 0 Å². The summed E-state index contributed by atoms with van der Waals surface area (Å²) in [6.07, 6.45) is 3.13.